The molecule has 5 aliphatic rings. The molecule has 1 aromatic rings. The average Bonchev–Trinajstić information content (AvgIpc) is 2.85. The number of rotatable bonds is 1. The molecule has 1 aromatic heterocycles. The Morgan fingerprint density at radius 1 is 1.16 bits per heavy atom. The summed E-state index contributed by atoms with van der Waals surface area (Å²) in [6.07, 6.45) is 5.73. The molecule has 0 aromatic carbocycles. The van der Waals surface area contributed by atoms with Crippen molar-refractivity contribution >= 4 is 11.7 Å². The number of aliphatic imine (C=N–C) groups is 1. The van der Waals surface area contributed by atoms with E-state index in [9.17, 15) is 10.5 Å². The van der Waals surface area contributed by atoms with Crippen LogP contribution in [0.25, 0.3) is 0 Å². The number of fused-ring (bicyclic) bond motifs is 1. The van der Waals surface area contributed by atoms with Crippen LogP contribution in [0.1, 0.15) is 37.4 Å². The molecule has 25 heavy (non-hydrogen) atoms. The molecular formula is C18H15N5O2. The van der Waals surface area contributed by atoms with Crippen molar-refractivity contribution in [3.63, 3.8) is 0 Å². The van der Waals surface area contributed by atoms with Gasteiger partial charge in [0.25, 0.3) is 0 Å². The maximum Gasteiger partial charge on any atom is 0.218 e. The lowest BCUT2D eigenvalue weighted by atomic mass is 9.48. The Bertz CT molecular complexity index is 900. The third kappa shape index (κ3) is 1.35. The van der Waals surface area contributed by atoms with Crippen molar-refractivity contribution in [1.29, 1.82) is 15.9 Å². The largest absolute Gasteiger partial charge is 0.447 e. The van der Waals surface area contributed by atoms with E-state index >= 15 is 0 Å². The molecule has 124 valence electrons. The Morgan fingerprint density at radius 3 is 2.64 bits per heavy atom. The lowest BCUT2D eigenvalue weighted by molar-refractivity contribution is -0.355. The van der Waals surface area contributed by atoms with Crippen molar-refractivity contribution in [2.45, 2.75) is 37.6 Å². The van der Waals surface area contributed by atoms with E-state index in [2.05, 4.69) is 22.1 Å². The number of pyridine rings is 1. The second-order valence-corrected chi connectivity index (χ2v) is 7.10. The molecule has 5 atom stereocenters. The van der Waals surface area contributed by atoms with Crippen LogP contribution in [-0.4, -0.2) is 22.5 Å². The predicted molar refractivity (Wildman–Crippen MR) is 85.1 cm³/mol. The first-order valence-electron chi connectivity index (χ1n) is 8.42. The van der Waals surface area contributed by atoms with Gasteiger partial charge < -0.3 is 9.47 Å². The highest BCUT2D eigenvalue weighted by Crippen LogP contribution is 2.72. The monoisotopic (exact) mass is 333 g/mol. The standard InChI is InChI=1S/C18H15N5O2/c19-9-16-12-3-1-2-6-18(12)24-13(11-4-7-22-8-5-11)17(16,10-20)15(25-18)23-14(16)21/h4-5,7-8,12-13,21H,1-3,6H2/t12-,13-,16-,17+,18+/m0/s1. The minimum absolute atomic E-state index is 0.0670. The molecule has 0 unspecified atom stereocenters. The third-order valence-electron chi connectivity index (χ3n) is 6.21. The van der Waals surface area contributed by atoms with E-state index in [1.54, 1.807) is 24.5 Å². The van der Waals surface area contributed by atoms with Gasteiger partial charge in [0.15, 0.2) is 10.8 Å². The summed E-state index contributed by atoms with van der Waals surface area (Å²) >= 11 is 0. The van der Waals surface area contributed by atoms with Crippen LogP contribution < -0.4 is 0 Å². The van der Waals surface area contributed by atoms with Gasteiger partial charge in [-0.1, -0.05) is 6.42 Å². The van der Waals surface area contributed by atoms with E-state index < -0.39 is 22.7 Å². The minimum Gasteiger partial charge on any atom is -0.447 e. The van der Waals surface area contributed by atoms with Crippen LogP contribution in [0.2, 0.25) is 0 Å². The average molecular weight is 333 g/mol. The first-order valence-corrected chi connectivity index (χ1v) is 8.42. The quantitative estimate of drug-likeness (QED) is 0.847. The van der Waals surface area contributed by atoms with Gasteiger partial charge in [0.2, 0.25) is 11.7 Å². The summed E-state index contributed by atoms with van der Waals surface area (Å²) < 4.78 is 12.5. The molecule has 3 saturated heterocycles. The Kier molecular flexibility index (Phi) is 2.59. The molecule has 4 aliphatic heterocycles. The summed E-state index contributed by atoms with van der Waals surface area (Å²) in [5.41, 5.74) is -2.00. The fraction of sp³-hybridized carbons (Fsp3) is 0.500. The van der Waals surface area contributed by atoms with Crippen LogP contribution >= 0.6 is 0 Å². The van der Waals surface area contributed by atoms with Crippen LogP contribution in [0.15, 0.2) is 29.5 Å². The highest BCUT2D eigenvalue weighted by atomic mass is 16.7. The number of nitriles is 2. The summed E-state index contributed by atoms with van der Waals surface area (Å²) in [5.74, 6) is -1.24. The van der Waals surface area contributed by atoms with Gasteiger partial charge in [-0.2, -0.15) is 15.5 Å². The molecule has 5 heterocycles. The van der Waals surface area contributed by atoms with E-state index in [1.165, 1.54) is 0 Å². The highest BCUT2D eigenvalue weighted by Gasteiger charge is 2.83. The summed E-state index contributed by atoms with van der Waals surface area (Å²) in [6, 6.07) is 8.21. The molecule has 7 heteroatoms. The van der Waals surface area contributed by atoms with Crippen molar-refractivity contribution in [1.82, 2.24) is 4.98 Å². The Morgan fingerprint density at radius 2 is 1.92 bits per heavy atom. The molecular weight excluding hydrogens is 318 g/mol. The number of ether oxygens (including phenoxy) is 2. The van der Waals surface area contributed by atoms with Crippen LogP contribution in [0.5, 0.6) is 0 Å². The first-order chi connectivity index (χ1) is 12.1. The molecule has 1 saturated carbocycles. The topological polar surface area (TPSA) is 115 Å². The molecule has 1 N–H and O–H groups in total. The van der Waals surface area contributed by atoms with Gasteiger partial charge in [-0.25, -0.2) is 0 Å². The fourth-order valence-corrected chi connectivity index (χ4v) is 5.16. The van der Waals surface area contributed by atoms with Crippen LogP contribution in [0.3, 0.4) is 0 Å². The molecule has 0 amide bonds. The SMILES string of the molecule is N#C[C@@]12C3=NC(=N)[C@]1(C#N)[C@@H]1CCCC[C@]1(O3)O[C@H]2c1ccncc1. The zero-order valence-corrected chi connectivity index (χ0v) is 13.4. The van der Waals surface area contributed by atoms with Crippen LogP contribution in [0.4, 0.5) is 0 Å². The van der Waals surface area contributed by atoms with Gasteiger partial charge in [0.1, 0.15) is 11.9 Å². The summed E-state index contributed by atoms with van der Waals surface area (Å²) in [5, 5.41) is 28.9. The number of aromatic nitrogens is 1. The Labute approximate surface area is 144 Å². The Hall–Kier alpha value is -2.77. The van der Waals surface area contributed by atoms with Crippen molar-refractivity contribution in [2.75, 3.05) is 0 Å². The Balaban J connectivity index is 1.82. The summed E-state index contributed by atoms with van der Waals surface area (Å²) in [7, 11) is 0. The van der Waals surface area contributed by atoms with Crippen LogP contribution in [0, 0.1) is 44.8 Å². The number of amidine groups is 1. The second kappa shape index (κ2) is 4.44. The second-order valence-electron chi connectivity index (χ2n) is 7.10. The molecule has 1 spiro atoms. The van der Waals surface area contributed by atoms with E-state index in [0.717, 1.165) is 18.4 Å². The molecule has 7 nitrogen and oxygen atoms in total. The zero-order valence-electron chi connectivity index (χ0n) is 13.4. The predicted octanol–water partition coefficient (Wildman–Crippen LogP) is 2.48. The van der Waals surface area contributed by atoms with Crippen molar-refractivity contribution < 1.29 is 9.47 Å². The number of hydrogen-bond donors (Lipinski definition) is 1. The number of nitrogens with one attached hydrogen (secondary N) is 1. The molecule has 4 bridgehead atoms. The smallest absolute Gasteiger partial charge is 0.218 e. The fourth-order valence-electron chi connectivity index (χ4n) is 5.16. The molecule has 6 rings (SSSR count). The van der Waals surface area contributed by atoms with Gasteiger partial charge >= 0.3 is 0 Å². The van der Waals surface area contributed by atoms with Crippen molar-refractivity contribution in [2.24, 2.45) is 21.7 Å². The lowest BCUT2D eigenvalue weighted by Gasteiger charge is -2.63. The van der Waals surface area contributed by atoms with Crippen molar-refractivity contribution in [3.05, 3.63) is 30.1 Å². The summed E-state index contributed by atoms with van der Waals surface area (Å²) in [4.78, 5) is 8.28. The van der Waals surface area contributed by atoms with Gasteiger partial charge in [-0.15, -0.1) is 0 Å². The van der Waals surface area contributed by atoms with E-state index in [4.69, 9.17) is 14.9 Å². The van der Waals surface area contributed by atoms with E-state index in [0.29, 0.717) is 12.8 Å². The normalized spacial score (nSPS) is 43.4. The molecule has 0 radical (unpaired) electrons. The van der Waals surface area contributed by atoms with Gasteiger partial charge in [-0.05, 0) is 30.5 Å². The first kappa shape index (κ1) is 14.6. The van der Waals surface area contributed by atoms with Gasteiger partial charge in [-0.3, -0.25) is 10.4 Å². The lowest BCUT2D eigenvalue weighted by Crippen LogP contribution is -2.72. The van der Waals surface area contributed by atoms with E-state index in [1.807, 2.05) is 0 Å². The maximum atomic E-state index is 10.2. The maximum absolute atomic E-state index is 10.2. The van der Waals surface area contributed by atoms with Gasteiger partial charge in [0, 0.05) is 18.8 Å². The number of nitrogens with zero attached hydrogens (tertiary/aromatic N) is 4. The third-order valence-corrected chi connectivity index (χ3v) is 6.21. The number of hydrogen-bond acceptors (Lipinski definition) is 6. The minimum atomic E-state index is -1.43. The zero-order chi connectivity index (χ0) is 17.3. The highest BCUT2D eigenvalue weighted by molar-refractivity contribution is 6.12. The molecule has 4 fully saturated rings. The van der Waals surface area contributed by atoms with Crippen molar-refractivity contribution in [3.8, 4) is 12.1 Å². The van der Waals surface area contributed by atoms with Gasteiger partial charge in [0.05, 0.1) is 18.1 Å². The summed E-state index contributed by atoms with van der Waals surface area (Å²) in [6.45, 7) is 0. The van der Waals surface area contributed by atoms with Crippen LogP contribution in [-0.2, 0) is 9.47 Å². The molecule has 1 aliphatic carbocycles. The van der Waals surface area contributed by atoms with E-state index in [-0.39, 0.29) is 17.7 Å².